The predicted octanol–water partition coefficient (Wildman–Crippen LogP) is 6.28. The van der Waals surface area contributed by atoms with Gasteiger partial charge in [-0.2, -0.15) is 10.2 Å². The molecule has 1 aromatic heterocycles. The van der Waals surface area contributed by atoms with Crippen LogP contribution in [0.25, 0.3) is 0 Å². The fourth-order valence-electron chi connectivity index (χ4n) is 5.00. The first-order chi connectivity index (χ1) is 18.4. The van der Waals surface area contributed by atoms with Crippen LogP contribution in [0.4, 0.5) is 14.5 Å². The van der Waals surface area contributed by atoms with E-state index in [9.17, 15) is 8.78 Å². The van der Waals surface area contributed by atoms with E-state index in [0.717, 1.165) is 62.4 Å². The van der Waals surface area contributed by atoms with Crippen LogP contribution >= 0.6 is 23.5 Å². The number of likely N-dealkylation sites (tertiary alicyclic amines) is 2. The molecule has 2 fully saturated rings. The zero-order chi connectivity index (χ0) is 26.6. The lowest BCUT2D eigenvalue weighted by atomic mass is 10.0. The van der Waals surface area contributed by atoms with Gasteiger partial charge in [-0.1, -0.05) is 31.2 Å². The fourth-order valence-corrected chi connectivity index (χ4v) is 6.41. The predicted molar refractivity (Wildman–Crippen MR) is 153 cm³/mol. The van der Waals surface area contributed by atoms with E-state index in [2.05, 4.69) is 48.9 Å². The molecule has 0 unspecified atom stereocenters. The van der Waals surface area contributed by atoms with Crippen molar-refractivity contribution in [3.05, 3.63) is 71.2 Å². The van der Waals surface area contributed by atoms with E-state index < -0.39 is 6.43 Å². The first-order valence-electron chi connectivity index (χ1n) is 13.1. The highest BCUT2D eigenvalue weighted by Gasteiger charge is 2.34. The van der Waals surface area contributed by atoms with Gasteiger partial charge in [-0.25, -0.2) is 8.78 Å². The van der Waals surface area contributed by atoms with Gasteiger partial charge in [-0.05, 0) is 74.6 Å². The van der Waals surface area contributed by atoms with Crippen LogP contribution in [0, 0.1) is 0 Å². The summed E-state index contributed by atoms with van der Waals surface area (Å²) in [5, 5.41) is 8.74. The Bertz CT molecular complexity index is 1190. The van der Waals surface area contributed by atoms with Gasteiger partial charge in [0, 0.05) is 59.0 Å². The number of rotatable bonds is 10. The van der Waals surface area contributed by atoms with Gasteiger partial charge in [-0.15, -0.1) is 0 Å². The molecular weight excluding hydrogens is 526 g/mol. The molecule has 0 atom stereocenters. The molecule has 0 saturated carbocycles. The summed E-state index contributed by atoms with van der Waals surface area (Å²) in [5.74, 6) is 0. The third kappa shape index (κ3) is 6.38. The SMILES string of the molecule is C=C(CC)N1CC(N2CCC(SN(Cc3ccc(C4=NN=C(C(F)F)C4)cn3)c3cccc(Cl)c3)CC2)C1. The van der Waals surface area contributed by atoms with Gasteiger partial charge in [0.1, 0.15) is 5.71 Å². The lowest BCUT2D eigenvalue weighted by Gasteiger charge is -2.49. The molecule has 2 aromatic rings. The minimum atomic E-state index is -2.58. The number of hydrogen-bond acceptors (Lipinski definition) is 7. The van der Waals surface area contributed by atoms with E-state index in [1.165, 1.54) is 5.70 Å². The van der Waals surface area contributed by atoms with Crippen LogP contribution in [-0.4, -0.2) is 70.1 Å². The third-order valence-corrected chi connectivity index (χ3v) is 9.05. The second-order valence-corrected chi connectivity index (χ2v) is 11.7. The maximum absolute atomic E-state index is 12.9. The number of pyridine rings is 1. The average molecular weight is 559 g/mol. The molecular formula is C28H33ClF2N6S. The van der Waals surface area contributed by atoms with Gasteiger partial charge in [0.25, 0.3) is 6.43 Å². The molecule has 10 heteroatoms. The molecule has 6 nitrogen and oxygen atoms in total. The van der Waals surface area contributed by atoms with Crippen molar-refractivity contribution in [2.75, 3.05) is 30.5 Å². The van der Waals surface area contributed by atoms with Crippen LogP contribution in [0.1, 0.15) is 43.9 Å². The number of allylic oxidation sites excluding steroid dienone is 1. The van der Waals surface area contributed by atoms with Crippen molar-refractivity contribution >= 4 is 40.7 Å². The summed E-state index contributed by atoms with van der Waals surface area (Å²) in [4.78, 5) is 9.66. The van der Waals surface area contributed by atoms with Crippen LogP contribution in [0.5, 0.6) is 0 Å². The summed E-state index contributed by atoms with van der Waals surface area (Å²) >= 11 is 8.20. The molecule has 0 spiro atoms. The van der Waals surface area contributed by atoms with Gasteiger partial charge in [0.05, 0.1) is 18.0 Å². The zero-order valence-electron chi connectivity index (χ0n) is 21.6. The zero-order valence-corrected chi connectivity index (χ0v) is 23.1. The van der Waals surface area contributed by atoms with Crippen molar-refractivity contribution in [2.45, 2.75) is 56.9 Å². The van der Waals surface area contributed by atoms with Crippen LogP contribution in [0.3, 0.4) is 0 Å². The average Bonchev–Trinajstić information content (AvgIpc) is 3.40. The summed E-state index contributed by atoms with van der Waals surface area (Å²) in [6, 6.07) is 12.4. The van der Waals surface area contributed by atoms with Gasteiger partial charge >= 0.3 is 0 Å². The summed E-state index contributed by atoms with van der Waals surface area (Å²) in [5.41, 5.74) is 4.23. The molecule has 38 heavy (non-hydrogen) atoms. The van der Waals surface area contributed by atoms with Crippen molar-refractivity contribution in [1.82, 2.24) is 14.8 Å². The molecule has 1 aromatic carbocycles. The lowest BCUT2D eigenvalue weighted by Crippen LogP contribution is -2.60. The number of halogens is 3. The Balaban J connectivity index is 1.20. The number of benzene rings is 1. The van der Waals surface area contributed by atoms with Crippen molar-refractivity contribution in [3.63, 3.8) is 0 Å². The highest BCUT2D eigenvalue weighted by atomic mass is 35.5. The van der Waals surface area contributed by atoms with Crippen molar-refractivity contribution in [1.29, 1.82) is 0 Å². The molecule has 0 radical (unpaired) electrons. The second-order valence-electron chi connectivity index (χ2n) is 9.99. The van der Waals surface area contributed by atoms with Crippen molar-refractivity contribution in [3.8, 4) is 0 Å². The van der Waals surface area contributed by atoms with Gasteiger partial charge in [0.15, 0.2) is 0 Å². The molecule has 3 aliphatic heterocycles. The first-order valence-corrected chi connectivity index (χ1v) is 14.3. The van der Waals surface area contributed by atoms with E-state index >= 15 is 0 Å². The quantitative estimate of drug-likeness (QED) is 0.321. The Hall–Kier alpha value is -2.49. The first kappa shape index (κ1) is 27.1. The third-order valence-electron chi connectivity index (χ3n) is 7.45. The van der Waals surface area contributed by atoms with Gasteiger partial charge in [0.2, 0.25) is 0 Å². The summed E-state index contributed by atoms with van der Waals surface area (Å²) in [7, 11) is 0. The van der Waals surface area contributed by atoms with Crippen molar-refractivity contribution < 1.29 is 8.78 Å². The molecule has 0 aliphatic carbocycles. The summed E-state index contributed by atoms with van der Waals surface area (Å²) in [6.07, 6.45) is 2.46. The van der Waals surface area contributed by atoms with E-state index in [-0.39, 0.29) is 12.1 Å². The Kier molecular flexibility index (Phi) is 8.65. The van der Waals surface area contributed by atoms with Gasteiger partial charge in [-0.3, -0.25) is 9.88 Å². The largest absolute Gasteiger partial charge is 0.372 e. The van der Waals surface area contributed by atoms with Crippen LogP contribution < -0.4 is 4.31 Å². The molecule has 0 amide bonds. The maximum Gasteiger partial charge on any atom is 0.278 e. The summed E-state index contributed by atoms with van der Waals surface area (Å²) in [6.45, 7) is 11.4. The van der Waals surface area contributed by atoms with Crippen LogP contribution in [0.2, 0.25) is 5.02 Å². The normalized spacial score (nSPS) is 18.9. The molecule has 3 aliphatic rings. The Morgan fingerprint density at radius 2 is 1.97 bits per heavy atom. The molecule has 202 valence electrons. The summed E-state index contributed by atoms with van der Waals surface area (Å²) < 4.78 is 28.1. The molecule has 4 heterocycles. The molecule has 0 N–H and O–H groups in total. The number of anilines is 1. The van der Waals surface area contributed by atoms with Gasteiger partial charge < -0.3 is 9.21 Å². The van der Waals surface area contributed by atoms with E-state index in [1.54, 1.807) is 6.20 Å². The number of nitrogens with zero attached hydrogens (tertiary/aromatic N) is 6. The monoisotopic (exact) mass is 558 g/mol. The topological polar surface area (TPSA) is 47.3 Å². The second kappa shape index (κ2) is 12.1. The lowest BCUT2D eigenvalue weighted by molar-refractivity contribution is 0.0445. The number of piperidine rings is 1. The number of aromatic nitrogens is 1. The Labute approximate surface area is 232 Å². The highest BCUT2D eigenvalue weighted by molar-refractivity contribution is 8.01. The standard InChI is InChI=1S/C28H33ClF2N6S/c1-3-19(2)36-17-24(18-36)35-11-9-25(10-12-35)38-37(23-6-4-5-21(29)13-23)16-22-8-7-20(15-32-22)26-14-27(28(30)31)34-33-26/h4-8,13,15,24-25,28H,2-3,9-12,14,16-18H2,1H3. The minimum Gasteiger partial charge on any atom is -0.372 e. The van der Waals surface area contributed by atoms with E-state index in [1.807, 2.05) is 42.3 Å². The maximum atomic E-state index is 12.9. The molecule has 5 rings (SSSR count). The smallest absolute Gasteiger partial charge is 0.278 e. The van der Waals surface area contributed by atoms with Crippen LogP contribution in [0.15, 0.2) is 65.1 Å². The van der Waals surface area contributed by atoms with Crippen molar-refractivity contribution in [2.24, 2.45) is 10.2 Å². The molecule has 0 bridgehead atoms. The minimum absolute atomic E-state index is 0.0636. The highest BCUT2D eigenvalue weighted by Crippen LogP contribution is 2.35. The molecule has 2 saturated heterocycles. The Morgan fingerprint density at radius 3 is 2.61 bits per heavy atom. The van der Waals surface area contributed by atoms with Crippen LogP contribution in [-0.2, 0) is 6.54 Å². The van der Waals surface area contributed by atoms with E-state index in [4.69, 9.17) is 11.6 Å². The Morgan fingerprint density at radius 1 is 1.18 bits per heavy atom. The number of alkyl halides is 2. The number of hydrogen-bond donors (Lipinski definition) is 0. The van der Waals surface area contributed by atoms with E-state index in [0.29, 0.717) is 28.6 Å². The fraction of sp³-hybridized carbons (Fsp3) is 0.464.